The van der Waals surface area contributed by atoms with E-state index in [0.29, 0.717) is 11.3 Å². The normalized spacial score (nSPS) is 29.5. The molecule has 1 aromatic heterocycles. The number of hydrogen-bond donors (Lipinski definition) is 0. The Hall–Kier alpha value is -1.24. The van der Waals surface area contributed by atoms with Crippen LogP contribution in [0.2, 0.25) is 0 Å². The Bertz CT molecular complexity index is 510. The average Bonchev–Trinajstić information content (AvgIpc) is 2.77. The van der Waals surface area contributed by atoms with Crippen LogP contribution < -0.4 is 0 Å². The van der Waals surface area contributed by atoms with Gasteiger partial charge >= 0.3 is 0 Å². The lowest BCUT2D eigenvalue weighted by Gasteiger charge is -2.29. The molecule has 0 aliphatic heterocycles. The van der Waals surface area contributed by atoms with Gasteiger partial charge in [-0.2, -0.15) is 0 Å². The Kier molecular flexibility index (Phi) is 1.81. The summed E-state index contributed by atoms with van der Waals surface area (Å²) in [6.45, 7) is 2.30. The van der Waals surface area contributed by atoms with E-state index in [1.54, 1.807) is 17.4 Å². The van der Waals surface area contributed by atoms with Crippen LogP contribution in [0.1, 0.15) is 44.6 Å². The van der Waals surface area contributed by atoms with Gasteiger partial charge in [-0.15, -0.1) is 0 Å². The van der Waals surface area contributed by atoms with Gasteiger partial charge in [-0.1, -0.05) is 26.2 Å². The first-order chi connectivity index (χ1) is 8.33. The molecular formula is C16H17O. The fourth-order valence-electron chi connectivity index (χ4n) is 4.06. The van der Waals surface area contributed by atoms with Gasteiger partial charge in [0.15, 0.2) is 0 Å². The molecule has 1 fully saturated rings. The summed E-state index contributed by atoms with van der Waals surface area (Å²) in [5.41, 5.74) is 6.40. The molecular weight excluding hydrogens is 208 g/mol. The van der Waals surface area contributed by atoms with E-state index in [0.717, 1.165) is 0 Å². The van der Waals surface area contributed by atoms with Crippen molar-refractivity contribution >= 4 is 5.57 Å². The second-order valence-electron chi connectivity index (χ2n) is 5.68. The van der Waals surface area contributed by atoms with E-state index in [4.69, 9.17) is 4.42 Å². The summed E-state index contributed by atoms with van der Waals surface area (Å²) >= 11 is 0. The maximum atomic E-state index is 5.22. The van der Waals surface area contributed by atoms with Crippen LogP contribution >= 0.6 is 0 Å². The molecule has 1 nitrogen and oxygen atoms in total. The smallest absolute Gasteiger partial charge is 0.0981 e. The highest BCUT2D eigenvalue weighted by Crippen LogP contribution is 2.70. The first-order valence-corrected chi connectivity index (χ1v) is 6.74. The highest BCUT2D eigenvalue weighted by Gasteiger charge is 2.58. The van der Waals surface area contributed by atoms with Gasteiger partial charge in [-0.05, 0) is 41.7 Å². The van der Waals surface area contributed by atoms with Gasteiger partial charge in [-0.3, -0.25) is 0 Å². The topological polar surface area (TPSA) is 13.1 Å². The molecule has 0 saturated heterocycles. The molecule has 87 valence electrons. The molecule has 1 aromatic rings. The van der Waals surface area contributed by atoms with Gasteiger partial charge in [0.05, 0.1) is 12.5 Å². The van der Waals surface area contributed by atoms with Crippen molar-refractivity contribution in [2.24, 2.45) is 11.3 Å². The molecule has 1 atom stereocenters. The summed E-state index contributed by atoms with van der Waals surface area (Å²) in [5, 5.41) is 0. The molecule has 17 heavy (non-hydrogen) atoms. The molecule has 1 heterocycles. The monoisotopic (exact) mass is 225 g/mol. The molecule has 0 aromatic carbocycles. The highest BCUT2D eigenvalue weighted by molar-refractivity contribution is 5.91. The molecule has 1 saturated carbocycles. The molecule has 0 N–H and O–H groups in total. The van der Waals surface area contributed by atoms with Gasteiger partial charge in [0.2, 0.25) is 0 Å². The van der Waals surface area contributed by atoms with E-state index in [9.17, 15) is 0 Å². The summed E-state index contributed by atoms with van der Waals surface area (Å²) in [5.74, 6) is 0.535. The van der Waals surface area contributed by atoms with Gasteiger partial charge in [-0.25, -0.2) is 0 Å². The molecule has 1 radical (unpaired) electrons. The molecule has 1 unspecified atom stereocenters. The van der Waals surface area contributed by atoms with Crippen molar-refractivity contribution in [3.8, 4) is 0 Å². The molecule has 0 bridgehead atoms. The standard InChI is InChI=1S/C16H17O/c1-11-9-13(12-5-8-17-10-12)15-14(11)16(15)6-3-2-4-7-16/h5,8,10-11H,2-4,6-7H2,1H3. The van der Waals surface area contributed by atoms with E-state index < -0.39 is 0 Å². The van der Waals surface area contributed by atoms with E-state index in [-0.39, 0.29) is 0 Å². The van der Waals surface area contributed by atoms with Crippen LogP contribution in [0, 0.1) is 17.4 Å². The van der Waals surface area contributed by atoms with Gasteiger partial charge in [0.1, 0.15) is 0 Å². The summed E-state index contributed by atoms with van der Waals surface area (Å²) in [7, 11) is 0. The largest absolute Gasteiger partial charge is 0.472 e. The van der Waals surface area contributed by atoms with Crippen molar-refractivity contribution in [2.75, 3.05) is 0 Å². The van der Waals surface area contributed by atoms with Crippen LogP contribution in [-0.2, 0) is 0 Å². The van der Waals surface area contributed by atoms with Crippen molar-refractivity contribution in [1.29, 1.82) is 0 Å². The number of furan rings is 1. The molecule has 3 aliphatic carbocycles. The van der Waals surface area contributed by atoms with Crippen molar-refractivity contribution < 1.29 is 4.42 Å². The number of rotatable bonds is 1. The molecule has 1 spiro atoms. The van der Waals surface area contributed by atoms with Gasteiger partial charge in [0, 0.05) is 16.9 Å². The zero-order valence-electron chi connectivity index (χ0n) is 10.3. The summed E-state index contributed by atoms with van der Waals surface area (Å²) in [4.78, 5) is 0. The lowest BCUT2D eigenvalue weighted by Crippen LogP contribution is -2.17. The minimum absolute atomic E-state index is 0.496. The zero-order chi connectivity index (χ0) is 11.5. The fourth-order valence-corrected chi connectivity index (χ4v) is 4.06. The maximum Gasteiger partial charge on any atom is 0.0981 e. The zero-order valence-corrected chi connectivity index (χ0v) is 10.3. The lowest BCUT2D eigenvalue weighted by molar-refractivity contribution is 0.342. The molecule has 1 heteroatoms. The Labute approximate surface area is 102 Å². The third-order valence-electron chi connectivity index (χ3n) is 4.76. The number of allylic oxidation sites excluding steroid dienone is 4. The van der Waals surface area contributed by atoms with Crippen LogP contribution in [0.5, 0.6) is 0 Å². The van der Waals surface area contributed by atoms with E-state index in [1.807, 2.05) is 6.26 Å². The van der Waals surface area contributed by atoms with Crippen LogP contribution in [-0.4, -0.2) is 0 Å². The molecule has 3 aliphatic rings. The Balaban J connectivity index is 1.72. The van der Waals surface area contributed by atoms with Crippen molar-refractivity contribution in [2.45, 2.75) is 39.0 Å². The van der Waals surface area contributed by atoms with Gasteiger partial charge < -0.3 is 4.42 Å². The summed E-state index contributed by atoms with van der Waals surface area (Å²) < 4.78 is 5.22. The molecule has 4 rings (SSSR count). The van der Waals surface area contributed by atoms with Crippen LogP contribution in [0.15, 0.2) is 34.2 Å². The second-order valence-corrected chi connectivity index (χ2v) is 5.68. The Morgan fingerprint density at radius 1 is 1.29 bits per heavy atom. The first-order valence-electron chi connectivity index (χ1n) is 6.74. The summed E-state index contributed by atoms with van der Waals surface area (Å²) in [6.07, 6.45) is 14.2. The number of hydrogen-bond acceptors (Lipinski definition) is 1. The number of fused-ring (bicyclic) bond motifs is 2. The van der Waals surface area contributed by atoms with Crippen LogP contribution in [0.3, 0.4) is 0 Å². The fraction of sp³-hybridized carbons (Fsp3) is 0.500. The van der Waals surface area contributed by atoms with Gasteiger partial charge in [0.25, 0.3) is 0 Å². The first kappa shape index (κ1) is 9.76. The lowest BCUT2D eigenvalue weighted by atomic mass is 9.75. The van der Waals surface area contributed by atoms with Crippen LogP contribution in [0.25, 0.3) is 5.57 Å². The second kappa shape index (κ2) is 3.16. The summed E-state index contributed by atoms with van der Waals surface area (Å²) in [6, 6.07) is 2.07. The van der Waals surface area contributed by atoms with E-state index in [2.05, 4.69) is 19.1 Å². The quantitative estimate of drug-likeness (QED) is 0.691. The highest BCUT2D eigenvalue weighted by atomic mass is 16.3. The third kappa shape index (κ3) is 1.15. The minimum Gasteiger partial charge on any atom is -0.472 e. The maximum absolute atomic E-state index is 5.22. The van der Waals surface area contributed by atoms with E-state index in [1.165, 1.54) is 43.2 Å². The third-order valence-corrected chi connectivity index (χ3v) is 4.76. The SMILES string of the molecule is CC1[C]=C(c2ccoc2)C2=C1C21CCCCC1. The van der Waals surface area contributed by atoms with E-state index >= 15 is 0 Å². The Morgan fingerprint density at radius 3 is 2.82 bits per heavy atom. The van der Waals surface area contributed by atoms with Crippen molar-refractivity contribution in [3.05, 3.63) is 41.4 Å². The predicted octanol–water partition coefficient (Wildman–Crippen LogP) is 4.38. The molecule has 0 amide bonds. The predicted molar refractivity (Wildman–Crippen MR) is 67.1 cm³/mol. The van der Waals surface area contributed by atoms with Crippen LogP contribution in [0.4, 0.5) is 0 Å². The minimum atomic E-state index is 0.496. The van der Waals surface area contributed by atoms with Crippen molar-refractivity contribution in [3.63, 3.8) is 0 Å². The van der Waals surface area contributed by atoms with Crippen molar-refractivity contribution in [1.82, 2.24) is 0 Å². The Morgan fingerprint density at radius 2 is 2.12 bits per heavy atom. The average molecular weight is 225 g/mol.